The first-order chi connectivity index (χ1) is 18.7. The fourth-order valence-electron chi connectivity index (χ4n) is 6.10. The Balaban J connectivity index is 1.79. The summed E-state index contributed by atoms with van der Waals surface area (Å²) in [6, 6.07) is 22.0. The molecule has 0 heterocycles. The molecule has 0 aromatic heterocycles. The summed E-state index contributed by atoms with van der Waals surface area (Å²) in [4.78, 5) is 0. The van der Waals surface area contributed by atoms with Gasteiger partial charge in [0.25, 0.3) is 0 Å². The Bertz CT molecular complexity index is 1220. The standard InChI is InChI=1S/C36H44B2/c1-3-5-7-9-11-13-19-27-25-33(37)29-21-15-17-23-31(29)35(27)36-28(20-14-12-10-8-6-4-2)26-34(38)30-22-16-18-24-32(30)36/h15-18,21-26H,3-14,19-20H2,1-2H3. The molecule has 0 aliphatic heterocycles. The largest absolute Gasteiger partial charge is 0.114 e. The van der Waals surface area contributed by atoms with Crippen molar-refractivity contribution in [2.75, 3.05) is 0 Å². The van der Waals surface area contributed by atoms with E-state index in [0.717, 1.165) is 34.5 Å². The normalized spacial score (nSPS) is 11.5. The first-order valence-electron chi connectivity index (χ1n) is 15.3. The monoisotopic (exact) mass is 498 g/mol. The molecule has 2 heteroatoms. The van der Waals surface area contributed by atoms with Gasteiger partial charge in [0.15, 0.2) is 0 Å². The number of fused-ring (bicyclic) bond motifs is 2. The Kier molecular flexibility index (Phi) is 11.0. The van der Waals surface area contributed by atoms with Crippen molar-refractivity contribution < 1.29 is 0 Å². The molecule has 0 aliphatic carbocycles. The fourth-order valence-corrected chi connectivity index (χ4v) is 6.10. The highest BCUT2D eigenvalue weighted by molar-refractivity contribution is 6.41. The molecule has 4 aromatic carbocycles. The molecule has 0 spiro atoms. The van der Waals surface area contributed by atoms with Gasteiger partial charge in [-0.1, -0.05) is 150 Å². The van der Waals surface area contributed by atoms with Gasteiger partial charge in [-0.3, -0.25) is 0 Å². The van der Waals surface area contributed by atoms with Gasteiger partial charge in [0.05, 0.1) is 0 Å². The van der Waals surface area contributed by atoms with Crippen LogP contribution in [0.5, 0.6) is 0 Å². The van der Waals surface area contributed by atoms with E-state index >= 15 is 0 Å². The number of unbranched alkanes of at least 4 members (excludes halogenated alkanes) is 10. The minimum Gasteiger partial charge on any atom is -0.0887 e. The summed E-state index contributed by atoms with van der Waals surface area (Å²) >= 11 is 0. The maximum atomic E-state index is 6.67. The SMILES string of the molecule is [B]c1cc(CCCCCCCC)c(-c2c(CCCCCCCC)cc([B])c3ccccc23)c2ccccc12. The molecule has 38 heavy (non-hydrogen) atoms. The predicted molar refractivity (Wildman–Crippen MR) is 172 cm³/mol. The van der Waals surface area contributed by atoms with Crippen LogP contribution >= 0.6 is 0 Å². The highest BCUT2D eigenvalue weighted by Gasteiger charge is 2.18. The van der Waals surface area contributed by atoms with Crippen LogP contribution < -0.4 is 10.9 Å². The van der Waals surface area contributed by atoms with E-state index in [1.165, 1.54) is 110 Å². The summed E-state index contributed by atoms with van der Waals surface area (Å²) in [5, 5.41) is 4.85. The molecule has 0 unspecified atom stereocenters. The van der Waals surface area contributed by atoms with Gasteiger partial charge in [-0.15, -0.1) is 0 Å². The third kappa shape index (κ3) is 6.93. The molecule has 4 rings (SSSR count). The van der Waals surface area contributed by atoms with Crippen molar-refractivity contribution in [3.63, 3.8) is 0 Å². The molecule has 0 bridgehead atoms. The second kappa shape index (κ2) is 14.6. The number of aryl methyl sites for hydroxylation is 2. The molecule has 0 atom stereocenters. The molecule has 0 amide bonds. The van der Waals surface area contributed by atoms with E-state index < -0.39 is 0 Å². The predicted octanol–water partition coefficient (Wildman–Crippen LogP) is 9.05. The van der Waals surface area contributed by atoms with E-state index in [0.29, 0.717) is 0 Å². The summed E-state index contributed by atoms with van der Waals surface area (Å²) < 4.78 is 0. The van der Waals surface area contributed by atoms with Crippen molar-refractivity contribution in [2.24, 2.45) is 0 Å². The van der Waals surface area contributed by atoms with Crippen molar-refractivity contribution in [2.45, 2.75) is 104 Å². The third-order valence-corrected chi connectivity index (χ3v) is 8.17. The van der Waals surface area contributed by atoms with Crippen LogP contribution in [0.25, 0.3) is 32.7 Å². The molecular weight excluding hydrogens is 454 g/mol. The van der Waals surface area contributed by atoms with Gasteiger partial charge in [0, 0.05) is 0 Å². The molecule has 0 fully saturated rings. The van der Waals surface area contributed by atoms with E-state index in [1.807, 2.05) is 0 Å². The molecule has 0 aliphatic rings. The molecule has 0 nitrogen and oxygen atoms in total. The average molecular weight is 498 g/mol. The van der Waals surface area contributed by atoms with Gasteiger partial charge in [0.2, 0.25) is 0 Å². The summed E-state index contributed by atoms with van der Waals surface area (Å²) in [7, 11) is 13.3. The van der Waals surface area contributed by atoms with Crippen molar-refractivity contribution in [3.8, 4) is 11.1 Å². The Morgan fingerprint density at radius 3 is 1.18 bits per heavy atom. The zero-order valence-electron chi connectivity index (χ0n) is 23.8. The zero-order chi connectivity index (χ0) is 26.7. The molecule has 194 valence electrons. The summed E-state index contributed by atoms with van der Waals surface area (Å²) in [5.74, 6) is 0. The van der Waals surface area contributed by atoms with Crippen LogP contribution in [0.4, 0.5) is 0 Å². The molecule has 0 saturated heterocycles. The van der Waals surface area contributed by atoms with Crippen LogP contribution in [-0.4, -0.2) is 15.7 Å². The van der Waals surface area contributed by atoms with E-state index in [2.05, 4.69) is 74.5 Å². The number of rotatable bonds is 15. The van der Waals surface area contributed by atoms with Crippen LogP contribution in [0.15, 0.2) is 60.7 Å². The van der Waals surface area contributed by atoms with Gasteiger partial charge in [0.1, 0.15) is 15.7 Å². The van der Waals surface area contributed by atoms with Crippen molar-refractivity contribution >= 4 is 48.2 Å². The molecule has 4 aromatic rings. The van der Waals surface area contributed by atoms with Gasteiger partial charge in [-0.2, -0.15) is 0 Å². The van der Waals surface area contributed by atoms with Crippen LogP contribution in [0.2, 0.25) is 0 Å². The second-order valence-corrected chi connectivity index (χ2v) is 11.1. The minimum atomic E-state index is 0.891. The average Bonchev–Trinajstić information content (AvgIpc) is 2.94. The fraction of sp³-hybridized carbons (Fsp3) is 0.444. The lowest BCUT2D eigenvalue weighted by Crippen LogP contribution is -2.11. The molecular formula is C36H44B2. The van der Waals surface area contributed by atoms with Crippen molar-refractivity contribution in [1.29, 1.82) is 0 Å². The smallest absolute Gasteiger partial charge is 0.0887 e. The molecule has 0 N–H and O–H groups in total. The van der Waals surface area contributed by atoms with Crippen molar-refractivity contribution in [3.05, 3.63) is 71.8 Å². The first-order valence-corrected chi connectivity index (χ1v) is 15.3. The van der Waals surface area contributed by atoms with E-state index in [1.54, 1.807) is 0 Å². The summed E-state index contributed by atoms with van der Waals surface area (Å²) in [5.41, 5.74) is 7.30. The highest BCUT2D eigenvalue weighted by Crippen LogP contribution is 2.39. The van der Waals surface area contributed by atoms with Crippen LogP contribution in [0.1, 0.15) is 102 Å². The summed E-state index contributed by atoms with van der Waals surface area (Å²) in [6.45, 7) is 4.56. The highest BCUT2D eigenvalue weighted by atomic mass is 14.2. The Hall–Kier alpha value is -2.47. The van der Waals surface area contributed by atoms with Crippen LogP contribution in [0.3, 0.4) is 0 Å². The lowest BCUT2D eigenvalue weighted by Gasteiger charge is -2.22. The van der Waals surface area contributed by atoms with Gasteiger partial charge in [-0.25, -0.2) is 0 Å². The van der Waals surface area contributed by atoms with Gasteiger partial charge < -0.3 is 0 Å². The first kappa shape index (κ1) is 28.5. The number of hydrogen-bond donors (Lipinski definition) is 0. The van der Waals surface area contributed by atoms with Crippen molar-refractivity contribution in [1.82, 2.24) is 0 Å². The topological polar surface area (TPSA) is 0 Å². The van der Waals surface area contributed by atoms with E-state index in [9.17, 15) is 0 Å². The van der Waals surface area contributed by atoms with Crippen LogP contribution in [0, 0.1) is 0 Å². The lowest BCUT2D eigenvalue weighted by molar-refractivity contribution is 0.607. The van der Waals surface area contributed by atoms with Gasteiger partial charge in [-0.05, 0) is 69.5 Å². The number of hydrogen-bond acceptors (Lipinski definition) is 0. The minimum absolute atomic E-state index is 0.891. The van der Waals surface area contributed by atoms with Crippen LogP contribution in [-0.2, 0) is 12.8 Å². The van der Waals surface area contributed by atoms with Gasteiger partial charge >= 0.3 is 0 Å². The quantitative estimate of drug-likeness (QED) is 0.113. The third-order valence-electron chi connectivity index (χ3n) is 8.17. The molecule has 0 saturated carbocycles. The maximum absolute atomic E-state index is 6.67. The Morgan fingerprint density at radius 1 is 0.447 bits per heavy atom. The van der Waals surface area contributed by atoms with E-state index in [4.69, 9.17) is 15.7 Å². The molecule has 4 radical (unpaired) electrons. The maximum Gasteiger partial charge on any atom is 0.114 e. The van der Waals surface area contributed by atoms with E-state index in [-0.39, 0.29) is 0 Å². The second-order valence-electron chi connectivity index (χ2n) is 11.1. The lowest BCUT2D eigenvalue weighted by atomic mass is 9.77. The Morgan fingerprint density at radius 2 is 0.789 bits per heavy atom. The number of benzene rings is 4. The Labute approximate surface area is 234 Å². The summed E-state index contributed by atoms with van der Waals surface area (Å²) in [6.07, 6.45) is 17.7. The zero-order valence-corrected chi connectivity index (χ0v) is 23.8.